The fraction of sp³-hybridized carbons (Fsp3) is 0.550. The molecule has 0 unspecified atom stereocenters. The minimum atomic E-state index is -0.978. The van der Waals surface area contributed by atoms with Gasteiger partial charge in [0, 0.05) is 17.3 Å². The lowest BCUT2D eigenvalue weighted by Crippen LogP contribution is -2.56. The number of methoxy groups -OCH3 is 1. The van der Waals surface area contributed by atoms with E-state index in [0.717, 1.165) is 30.6 Å². The van der Waals surface area contributed by atoms with E-state index in [1.165, 1.54) is 7.11 Å². The number of nitrogens with one attached hydrogen (secondary N) is 2. The molecule has 7 nitrogen and oxygen atoms in total. The number of carbonyl (C=O) groups excluding carboxylic acids is 3. The van der Waals surface area contributed by atoms with Crippen molar-refractivity contribution in [2.24, 2.45) is 5.92 Å². The molecule has 1 aliphatic carbocycles. The van der Waals surface area contributed by atoms with Gasteiger partial charge in [-0.25, -0.2) is 4.79 Å². The molecule has 7 heteroatoms. The summed E-state index contributed by atoms with van der Waals surface area (Å²) >= 11 is 0. The minimum absolute atomic E-state index is 0.129. The second kappa shape index (κ2) is 5.55. The number of hydrogen-bond donors (Lipinski definition) is 2. The largest absolute Gasteiger partial charge is 0.467 e. The number of hydrogen-bond acceptors (Lipinski definition) is 5. The third-order valence-electron chi connectivity index (χ3n) is 6.78. The van der Waals surface area contributed by atoms with Gasteiger partial charge in [0.15, 0.2) is 0 Å². The van der Waals surface area contributed by atoms with Crippen LogP contribution in [0.5, 0.6) is 0 Å². The van der Waals surface area contributed by atoms with E-state index in [-0.39, 0.29) is 17.9 Å². The minimum Gasteiger partial charge on any atom is -0.467 e. The molecule has 3 fully saturated rings. The molecule has 27 heavy (non-hydrogen) atoms. The number of carbonyl (C=O) groups is 3. The Morgan fingerprint density at radius 1 is 1.30 bits per heavy atom. The molecule has 1 aromatic rings. The number of nitrogens with zero attached hydrogens (tertiary/aromatic N) is 1. The molecule has 1 spiro atoms. The second-order valence-electron chi connectivity index (χ2n) is 8.11. The van der Waals surface area contributed by atoms with Crippen molar-refractivity contribution >= 4 is 23.5 Å². The van der Waals surface area contributed by atoms with Gasteiger partial charge in [-0.05, 0) is 44.7 Å². The van der Waals surface area contributed by atoms with Gasteiger partial charge in [0.1, 0.15) is 11.1 Å². The fourth-order valence-electron chi connectivity index (χ4n) is 5.40. The van der Waals surface area contributed by atoms with E-state index in [4.69, 9.17) is 4.74 Å². The van der Waals surface area contributed by atoms with E-state index in [1.807, 2.05) is 24.3 Å². The van der Waals surface area contributed by atoms with E-state index in [9.17, 15) is 14.4 Å². The van der Waals surface area contributed by atoms with Crippen LogP contribution in [0.3, 0.4) is 0 Å². The van der Waals surface area contributed by atoms with Crippen LogP contribution in [0, 0.1) is 5.92 Å². The highest BCUT2D eigenvalue weighted by atomic mass is 16.5. The number of rotatable bonds is 3. The van der Waals surface area contributed by atoms with Gasteiger partial charge in [0.25, 0.3) is 0 Å². The summed E-state index contributed by atoms with van der Waals surface area (Å²) in [6.07, 6.45) is 3.82. The molecule has 2 saturated heterocycles. The zero-order valence-corrected chi connectivity index (χ0v) is 15.3. The number of benzene rings is 1. The highest BCUT2D eigenvalue weighted by Gasteiger charge is 2.66. The third kappa shape index (κ3) is 2.09. The van der Waals surface area contributed by atoms with Crippen LogP contribution in [0.25, 0.3) is 0 Å². The third-order valence-corrected chi connectivity index (χ3v) is 6.78. The summed E-state index contributed by atoms with van der Waals surface area (Å²) in [4.78, 5) is 40.9. The highest BCUT2D eigenvalue weighted by Crippen LogP contribution is 2.55. The van der Waals surface area contributed by atoms with Crippen molar-refractivity contribution in [3.63, 3.8) is 0 Å². The maximum atomic E-state index is 13.3. The Kier molecular flexibility index (Phi) is 3.44. The Morgan fingerprint density at radius 2 is 2.07 bits per heavy atom. The monoisotopic (exact) mass is 369 g/mol. The first-order valence-corrected chi connectivity index (χ1v) is 9.61. The summed E-state index contributed by atoms with van der Waals surface area (Å²) < 4.78 is 4.87. The van der Waals surface area contributed by atoms with Crippen LogP contribution in [0.4, 0.5) is 5.69 Å². The van der Waals surface area contributed by atoms with Crippen LogP contribution in [0.15, 0.2) is 24.3 Å². The molecule has 4 aliphatic rings. The van der Waals surface area contributed by atoms with Crippen LogP contribution in [-0.2, 0) is 24.7 Å². The van der Waals surface area contributed by atoms with Crippen LogP contribution < -0.4 is 10.6 Å². The van der Waals surface area contributed by atoms with E-state index >= 15 is 0 Å². The molecule has 3 heterocycles. The molecule has 0 bridgehead atoms. The molecule has 2 N–H and O–H groups in total. The summed E-state index contributed by atoms with van der Waals surface area (Å²) in [5.74, 6) is -1.27. The Hall–Kier alpha value is -2.41. The zero-order chi connectivity index (χ0) is 18.8. The molecule has 0 radical (unpaired) electrons. The standard InChI is InChI=1S/C20H23N3O4/c1-27-18(26)19(8-9-19)22-16(24)14-11-12-5-4-10-23(12)20(14)13-6-2-3-7-15(13)21-17(20)25/h2-3,6-7,12,14H,4-5,8-11H2,1H3,(H,21,25)(H,22,24)/t12-,14+,20+/m1/s1. The van der Waals surface area contributed by atoms with Crippen molar-refractivity contribution in [1.29, 1.82) is 0 Å². The van der Waals surface area contributed by atoms with Gasteiger partial charge in [-0.1, -0.05) is 18.2 Å². The SMILES string of the molecule is COC(=O)C1(NC(=O)[C@@H]2C[C@H]3CCCN3[C@]23C(=O)Nc2ccccc23)CC1. The Balaban J connectivity index is 1.55. The number of esters is 1. The number of anilines is 1. The van der Waals surface area contributed by atoms with Crippen molar-refractivity contribution in [2.45, 2.75) is 49.2 Å². The van der Waals surface area contributed by atoms with Crippen LogP contribution in [0.2, 0.25) is 0 Å². The number of fused-ring (bicyclic) bond motifs is 4. The first kappa shape index (κ1) is 16.7. The molecule has 3 atom stereocenters. The van der Waals surface area contributed by atoms with Crippen molar-refractivity contribution < 1.29 is 19.1 Å². The maximum Gasteiger partial charge on any atom is 0.331 e. The topological polar surface area (TPSA) is 87.7 Å². The van der Waals surface area contributed by atoms with Crippen LogP contribution in [-0.4, -0.2) is 47.9 Å². The maximum absolute atomic E-state index is 13.3. The number of amides is 2. The number of para-hydroxylation sites is 1. The fourth-order valence-corrected chi connectivity index (χ4v) is 5.40. The van der Waals surface area contributed by atoms with E-state index in [1.54, 1.807) is 0 Å². The predicted molar refractivity (Wildman–Crippen MR) is 96.7 cm³/mol. The molecule has 1 saturated carbocycles. The van der Waals surface area contributed by atoms with Crippen LogP contribution >= 0.6 is 0 Å². The van der Waals surface area contributed by atoms with Gasteiger partial charge in [0.05, 0.1) is 13.0 Å². The zero-order valence-electron chi connectivity index (χ0n) is 15.3. The lowest BCUT2D eigenvalue weighted by atomic mass is 9.78. The van der Waals surface area contributed by atoms with Crippen LogP contribution in [0.1, 0.15) is 37.7 Å². The van der Waals surface area contributed by atoms with Crippen molar-refractivity contribution in [2.75, 3.05) is 19.0 Å². The first-order valence-electron chi connectivity index (χ1n) is 9.61. The molecule has 142 valence electrons. The van der Waals surface area contributed by atoms with Crippen molar-refractivity contribution in [3.05, 3.63) is 29.8 Å². The van der Waals surface area contributed by atoms with E-state index in [2.05, 4.69) is 15.5 Å². The molecule has 5 rings (SSSR count). The van der Waals surface area contributed by atoms with E-state index in [0.29, 0.717) is 19.3 Å². The molecular weight excluding hydrogens is 346 g/mol. The van der Waals surface area contributed by atoms with Gasteiger partial charge in [-0.3, -0.25) is 14.5 Å². The van der Waals surface area contributed by atoms with Gasteiger partial charge < -0.3 is 15.4 Å². The molecule has 2 amide bonds. The second-order valence-corrected chi connectivity index (χ2v) is 8.11. The average molecular weight is 369 g/mol. The van der Waals surface area contributed by atoms with Gasteiger partial charge in [-0.2, -0.15) is 0 Å². The first-order chi connectivity index (χ1) is 13.0. The summed E-state index contributed by atoms with van der Waals surface area (Å²) in [5, 5.41) is 5.92. The quantitative estimate of drug-likeness (QED) is 0.780. The molecular formula is C20H23N3O4. The van der Waals surface area contributed by atoms with Gasteiger partial charge in [0.2, 0.25) is 11.8 Å². The lowest BCUT2D eigenvalue weighted by molar-refractivity contribution is -0.148. The molecule has 1 aromatic carbocycles. The van der Waals surface area contributed by atoms with Gasteiger partial charge in [-0.15, -0.1) is 0 Å². The lowest BCUT2D eigenvalue weighted by Gasteiger charge is -2.36. The molecule has 0 aromatic heterocycles. The Bertz CT molecular complexity index is 849. The Morgan fingerprint density at radius 3 is 2.81 bits per heavy atom. The van der Waals surface area contributed by atoms with Crippen molar-refractivity contribution in [1.82, 2.24) is 10.2 Å². The predicted octanol–water partition coefficient (Wildman–Crippen LogP) is 1.14. The van der Waals surface area contributed by atoms with Crippen molar-refractivity contribution in [3.8, 4) is 0 Å². The number of ether oxygens (including phenoxy) is 1. The molecule has 3 aliphatic heterocycles. The summed E-state index contributed by atoms with van der Waals surface area (Å²) in [7, 11) is 1.34. The smallest absolute Gasteiger partial charge is 0.331 e. The average Bonchev–Trinajstić information content (AvgIpc) is 3.04. The summed E-state index contributed by atoms with van der Waals surface area (Å²) in [6.45, 7) is 0.804. The van der Waals surface area contributed by atoms with Gasteiger partial charge >= 0.3 is 5.97 Å². The summed E-state index contributed by atoms with van der Waals surface area (Å²) in [5.41, 5.74) is -0.229. The summed E-state index contributed by atoms with van der Waals surface area (Å²) in [6, 6.07) is 7.85. The normalized spacial score (nSPS) is 32.7. The highest BCUT2D eigenvalue weighted by molar-refractivity contribution is 6.09. The Labute approximate surface area is 157 Å². The van der Waals surface area contributed by atoms with E-state index < -0.39 is 23.0 Å².